The van der Waals surface area contributed by atoms with E-state index in [1.165, 1.54) is 11.0 Å². The fourth-order valence-electron chi connectivity index (χ4n) is 1.88. The van der Waals surface area contributed by atoms with E-state index in [0.29, 0.717) is 29.4 Å². The molecule has 20 heavy (non-hydrogen) atoms. The van der Waals surface area contributed by atoms with E-state index < -0.39 is 17.5 Å². The largest absolute Gasteiger partial charge is 0.374 e. The molecule has 0 saturated carbocycles. The number of hydrogen-bond acceptors (Lipinski definition) is 1. The topological polar surface area (TPSA) is 3.24 Å². The van der Waals surface area contributed by atoms with Gasteiger partial charge in [-0.1, -0.05) is 12.3 Å². The zero-order valence-electron chi connectivity index (χ0n) is 10.7. The summed E-state index contributed by atoms with van der Waals surface area (Å²) in [5, 5.41) is 0.341. The van der Waals surface area contributed by atoms with Crippen LogP contribution in [0.25, 0.3) is 5.70 Å². The Labute approximate surface area is 145 Å². The molecule has 0 fully saturated rings. The number of nitrogens with zero attached hydrogens (tertiary/aromatic N) is 1. The average Bonchev–Trinajstić information content (AvgIpc) is 2.32. The van der Waals surface area contributed by atoms with Crippen molar-refractivity contribution in [1.82, 2.24) is 4.90 Å². The smallest absolute Gasteiger partial charge is 0.126 e. The van der Waals surface area contributed by atoms with E-state index in [-0.39, 0.29) is 44.0 Å². The summed E-state index contributed by atoms with van der Waals surface area (Å²) < 4.78 is 40.5. The third-order valence-corrected chi connectivity index (χ3v) is 3.09. The van der Waals surface area contributed by atoms with Crippen molar-refractivity contribution in [3.8, 4) is 0 Å². The van der Waals surface area contributed by atoms with Crippen LogP contribution in [0.2, 0.25) is 0 Å². The van der Waals surface area contributed by atoms with Gasteiger partial charge in [0, 0.05) is 39.3 Å². The van der Waals surface area contributed by atoms with Crippen LogP contribution in [0.5, 0.6) is 0 Å². The molecule has 0 atom stereocenters. The van der Waals surface area contributed by atoms with Gasteiger partial charge in [-0.2, -0.15) is 23.8 Å². The molecule has 0 aromatic heterocycles. The second kappa shape index (κ2) is 6.92. The van der Waals surface area contributed by atoms with Crippen molar-refractivity contribution in [2.24, 2.45) is 0 Å². The summed E-state index contributed by atoms with van der Waals surface area (Å²) >= 11 is 5.89. The fraction of sp³-hybridized carbons (Fsp3) is 0.143. The van der Waals surface area contributed by atoms with Crippen LogP contribution >= 0.6 is 11.6 Å². The molecule has 0 amide bonds. The van der Waals surface area contributed by atoms with Crippen LogP contribution in [0.4, 0.5) is 13.2 Å². The Bertz CT molecular complexity index is 587. The van der Waals surface area contributed by atoms with Crippen LogP contribution in [0.15, 0.2) is 35.5 Å². The van der Waals surface area contributed by atoms with Crippen molar-refractivity contribution in [3.05, 3.63) is 64.6 Å². The molecule has 1 aliphatic rings. The van der Waals surface area contributed by atoms with Crippen molar-refractivity contribution in [2.75, 3.05) is 6.54 Å². The number of hydrogen-bond donors (Lipinski definition) is 0. The molecule has 0 bridgehead atoms. The molecule has 1 aliphatic heterocycles. The summed E-state index contributed by atoms with van der Waals surface area (Å²) in [6, 6.07) is 1.26. The molecule has 1 heterocycles. The van der Waals surface area contributed by atoms with E-state index in [2.05, 4.69) is 12.7 Å². The summed E-state index contributed by atoms with van der Waals surface area (Å²) in [5.41, 5.74) is 0.220. The van der Waals surface area contributed by atoms with E-state index in [0.717, 1.165) is 0 Å². The molecule has 0 unspecified atom stereocenters. The van der Waals surface area contributed by atoms with Crippen LogP contribution in [0, 0.1) is 23.5 Å². The maximum absolute atomic E-state index is 13.8. The second-order valence-corrected chi connectivity index (χ2v) is 4.33. The number of benzene rings is 1. The van der Waals surface area contributed by atoms with Gasteiger partial charge >= 0.3 is 0 Å². The molecule has 0 saturated heterocycles. The number of likely N-dealkylation sites (N-methyl/N-ethyl adjacent to an activating group) is 1. The maximum Gasteiger partial charge on any atom is 0.126 e. The molecule has 103 valence electrons. The molecular formula is C14H10ClF3NY-. The summed E-state index contributed by atoms with van der Waals surface area (Å²) in [4.78, 5) is 1.52. The molecular weight excluding hydrogens is 364 g/mol. The third-order valence-electron chi connectivity index (χ3n) is 2.77. The van der Waals surface area contributed by atoms with Crippen molar-refractivity contribution in [1.29, 1.82) is 0 Å². The summed E-state index contributed by atoms with van der Waals surface area (Å²) in [6.07, 6.45) is 4.09. The van der Waals surface area contributed by atoms with E-state index >= 15 is 0 Å². The summed E-state index contributed by atoms with van der Waals surface area (Å²) in [6.45, 7) is 5.93. The minimum absolute atomic E-state index is 0. The molecule has 0 spiro atoms. The van der Waals surface area contributed by atoms with Crippen LogP contribution in [0.1, 0.15) is 12.5 Å². The molecule has 6 heteroatoms. The summed E-state index contributed by atoms with van der Waals surface area (Å²) in [7, 11) is 0. The van der Waals surface area contributed by atoms with Crippen LogP contribution in [0.3, 0.4) is 0 Å². The molecule has 0 aliphatic carbocycles. The zero-order valence-corrected chi connectivity index (χ0v) is 14.3. The Morgan fingerprint density at radius 3 is 2.30 bits per heavy atom. The van der Waals surface area contributed by atoms with Gasteiger partial charge < -0.3 is 4.90 Å². The Kier molecular flexibility index (Phi) is 6.05. The van der Waals surface area contributed by atoms with Crippen molar-refractivity contribution in [2.45, 2.75) is 6.92 Å². The van der Waals surface area contributed by atoms with Gasteiger partial charge in [-0.3, -0.25) is 0 Å². The predicted molar refractivity (Wildman–Crippen MR) is 68.4 cm³/mol. The number of halogens is 4. The fourth-order valence-corrected chi connectivity index (χ4v) is 2.04. The number of allylic oxidation sites excluding steroid dienone is 3. The van der Waals surface area contributed by atoms with E-state index in [9.17, 15) is 13.2 Å². The second-order valence-electron chi connectivity index (χ2n) is 3.92. The van der Waals surface area contributed by atoms with Gasteiger partial charge in [0.15, 0.2) is 0 Å². The van der Waals surface area contributed by atoms with Gasteiger partial charge in [-0.25, -0.2) is 13.2 Å². The standard InChI is InChI=1S/C14H10ClF3N.Y/c1-3-19-8(2)10(15)4-5-13(19)14-11(17)6-9(16)7-12(14)18;/h4,6-7H,2-3H2,1H3;/q-1;. The van der Waals surface area contributed by atoms with E-state index in [1.807, 2.05) is 0 Å². The Hall–Kier alpha value is -0.576. The predicted octanol–water partition coefficient (Wildman–Crippen LogP) is 4.22. The first kappa shape index (κ1) is 17.5. The first-order valence-electron chi connectivity index (χ1n) is 5.56. The average molecular weight is 374 g/mol. The minimum atomic E-state index is -0.988. The van der Waals surface area contributed by atoms with Gasteiger partial charge in [-0.15, -0.1) is 0 Å². The van der Waals surface area contributed by atoms with Gasteiger partial charge in [0.1, 0.15) is 5.82 Å². The van der Waals surface area contributed by atoms with Gasteiger partial charge in [0.05, 0.1) is 11.6 Å². The Morgan fingerprint density at radius 1 is 1.25 bits per heavy atom. The van der Waals surface area contributed by atoms with Crippen molar-refractivity contribution in [3.63, 3.8) is 0 Å². The summed E-state index contributed by atoms with van der Waals surface area (Å²) in [5.74, 6) is -2.94. The Balaban J connectivity index is 0.00000200. The van der Waals surface area contributed by atoms with Crippen molar-refractivity contribution < 1.29 is 45.9 Å². The van der Waals surface area contributed by atoms with Gasteiger partial charge in [-0.05, 0) is 35.3 Å². The zero-order chi connectivity index (χ0) is 14.2. The van der Waals surface area contributed by atoms with E-state index in [4.69, 9.17) is 11.6 Å². The van der Waals surface area contributed by atoms with Crippen molar-refractivity contribution >= 4 is 17.3 Å². The van der Waals surface area contributed by atoms with Crippen LogP contribution in [-0.4, -0.2) is 11.4 Å². The molecule has 2 rings (SSSR count). The van der Waals surface area contributed by atoms with Gasteiger partial charge in [0.25, 0.3) is 0 Å². The SMILES string of the molecule is C=C1C(Cl)=C[C-]=C(c2c(F)cc(F)cc2F)N1CC.[Y]. The number of rotatable bonds is 2. The normalized spacial score (nSPS) is 14.7. The molecule has 0 N–H and O–H groups in total. The molecule has 1 aromatic rings. The monoisotopic (exact) mass is 373 g/mol. The van der Waals surface area contributed by atoms with Gasteiger partial charge in [0.2, 0.25) is 0 Å². The van der Waals surface area contributed by atoms with Crippen LogP contribution < -0.4 is 0 Å². The third kappa shape index (κ3) is 3.18. The quantitative estimate of drug-likeness (QED) is 0.702. The maximum atomic E-state index is 13.8. The van der Waals surface area contributed by atoms with E-state index in [1.54, 1.807) is 6.92 Å². The molecule has 1 aromatic carbocycles. The molecule has 1 radical (unpaired) electrons. The Morgan fingerprint density at radius 2 is 1.80 bits per heavy atom. The molecule has 1 nitrogen and oxygen atoms in total. The first-order valence-corrected chi connectivity index (χ1v) is 5.94. The minimum Gasteiger partial charge on any atom is -0.374 e. The first-order chi connectivity index (χ1) is 8.95. The van der Waals surface area contributed by atoms with Crippen LogP contribution in [-0.2, 0) is 32.7 Å².